The van der Waals surface area contributed by atoms with Crippen molar-refractivity contribution >= 4 is 0 Å². The minimum Gasteiger partial charge on any atom is -0.370 e. The Bertz CT molecular complexity index is 502. The van der Waals surface area contributed by atoms with E-state index in [0.717, 1.165) is 36.2 Å². The van der Waals surface area contributed by atoms with Gasteiger partial charge in [-0.15, -0.1) is 0 Å². The molecule has 1 aliphatic heterocycles. The van der Waals surface area contributed by atoms with Crippen molar-refractivity contribution in [2.75, 3.05) is 6.61 Å². The number of epoxide rings is 1. The van der Waals surface area contributed by atoms with Crippen LogP contribution in [0.3, 0.4) is 0 Å². The van der Waals surface area contributed by atoms with Crippen molar-refractivity contribution in [1.29, 1.82) is 0 Å². The SMILES string of the molecule is C/C=C1/CC[C@H]2[C@@H]3CC[C@@H]4C[C@]5(CCC4[C@H]3CC[C@]12C)CO5. The fourth-order valence-corrected chi connectivity index (χ4v) is 7.63. The van der Waals surface area contributed by atoms with Gasteiger partial charge < -0.3 is 4.74 Å². The second-order valence-electron chi connectivity index (χ2n) is 9.46. The van der Waals surface area contributed by atoms with Crippen molar-refractivity contribution in [1.82, 2.24) is 0 Å². The molecule has 0 bridgehead atoms. The number of rotatable bonds is 0. The molecule has 122 valence electrons. The van der Waals surface area contributed by atoms with E-state index in [1.54, 1.807) is 5.57 Å². The molecule has 0 aromatic heterocycles. The molecule has 0 radical (unpaired) electrons. The molecule has 4 aliphatic carbocycles. The lowest BCUT2D eigenvalue weighted by Crippen LogP contribution is -2.48. The number of hydrogen-bond donors (Lipinski definition) is 0. The molecule has 5 aliphatic rings. The van der Waals surface area contributed by atoms with E-state index < -0.39 is 0 Å². The maximum atomic E-state index is 5.83. The summed E-state index contributed by atoms with van der Waals surface area (Å²) in [5.74, 6) is 5.17. The van der Waals surface area contributed by atoms with Crippen LogP contribution in [0.1, 0.15) is 71.6 Å². The Morgan fingerprint density at radius 1 is 1.00 bits per heavy atom. The molecule has 0 aromatic carbocycles. The average molecular weight is 300 g/mol. The summed E-state index contributed by atoms with van der Waals surface area (Å²) in [5.41, 5.74) is 2.74. The van der Waals surface area contributed by atoms with Crippen LogP contribution < -0.4 is 0 Å². The van der Waals surface area contributed by atoms with Crippen LogP contribution in [0.15, 0.2) is 11.6 Å². The van der Waals surface area contributed by atoms with Crippen LogP contribution in [0, 0.1) is 35.0 Å². The topological polar surface area (TPSA) is 12.5 Å². The van der Waals surface area contributed by atoms with Crippen molar-refractivity contribution in [3.63, 3.8) is 0 Å². The zero-order valence-corrected chi connectivity index (χ0v) is 14.4. The van der Waals surface area contributed by atoms with E-state index in [4.69, 9.17) is 4.74 Å². The zero-order valence-electron chi connectivity index (χ0n) is 14.4. The minimum atomic E-state index is 0.378. The number of hydrogen-bond acceptors (Lipinski definition) is 1. The van der Waals surface area contributed by atoms with Crippen molar-refractivity contribution in [3.8, 4) is 0 Å². The fraction of sp³-hybridized carbons (Fsp3) is 0.905. The van der Waals surface area contributed by atoms with Gasteiger partial charge in [-0.25, -0.2) is 0 Å². The lowest BCUT2D eigenvalue weighted by molar-refractivity contribution is -0.0518. The zero-order chi connectivity index (χ0) is 14.9. The normalized spacial score (nSPS) is 58.3. The van der Waals surface area contributed by atoms with Crippen LogP contribution in [0.25, 0.3) is 0 Å². The van der Waals surface area contributed by atoms with Gasteiger partial charge in [0, 0.05) is 0 Å². The predicted molar refractivity (Wildman–Crippen MR) is 89.6 cm³/mol. The second kappa shape index (κ2) is 4.62. The minimum absolute atomic E-state index is 0.378. The van der Waals surface area contributed by atoms with Gasteiger partial charge in [-0.05, 0) is 99.7 Å². The summed E-state index contributed by atoms with van der Waals surface area (Å²) < 4.78 is 5.83. The Hall–Kier alpha value is -0.300. The second-order valence-corrected chi connectivity index (χ2v) is 9.46. The van der Waals surface area contributed by atoms with Crippen molar-refractivity contribution in [3.05, 3.63) is 11.6 Å². The van der Waals surface area contributed by atoms with Gasteiger partial charge in [-0.1, -0.05) is 18.6 Å². The molecular weight excluding hydrogens is 268 g/mol. The quantitative estimate of drug-likeness (QED) is 0.434. The van der Waals surface area contributed by atoms with Gasteiger partial charge in [0.1, 0.15) is 0 Å². The largest absolute Gasteiger partial charge is 0.370 e. The van der Waals surface area contributed by atoms with Gasteiger partial charge in [0.25, 0.3) is 0 Å². The van der Waals surface area contributed by atoms with E-state index in [1.165, 1.54) is 57.8 Å². The van der Waals surface area contributed by atoms with Crippen LogP contribution in [0.2, 0.25) is 0 Å². The lowest BCUT2D eigenvalue weighted by Gasteiger charge is -2.55. The van der Waals surface area contributed by atoms with E-state index in [-0.39, 0.29) is 0 Å². The highest BCUT2D eigenvalue weighted by molar-refractivity contribution is 5.23. The molecule has 0 aromatic rings. The molecule has 0 N–H and O–H groups in total. The van der Waals surface area contributed by atoms with Crippen LogP contribution in [-0.4, -0.2) is 12.2 Å². The summed E-state index contributed by atoms with van der Waals surface area (Å²) in [4.78, 5) is 0. The summed E-state index contributed by atoms with van der Waals surface area (Å²) in [5, 5.41) is 0. The molecule has 1 nitrogen and oxygen atoms in total. The molecule has 4 saturated carbocycles. The van der Waals surface area contributed by atoms with Gasteiger partial charge in [-0.3, -0.25) is 0 Å². The third kappa shape index (κ3) is 1.81. The van der Waals surface area contributed by atoms with E-state index in [0.29, 0.717) is 11.0 Å². The third-order valence-corrected chi connectivity index (χ3v) is 8.84. The molecule has 5 fully saturated rings. The van der Waals surface area contributed by atoms with Crippen LogP contribution in [0.5, 0.6) is 0 Å². The molecule has 1 heteroatoms. The molecule has 5 rings (SSSR count). The van der Waals surface area contributed by atoms with Gasteiger partial charge in [0.05, 0.1) is 12.2 Å². The number of fused-ring (bicyclic) bond motifs is 5. The highest BCUT2D eigenvalue weighted by Crippen LogP contribution is 2.65. The maximum absolute atomic E-state index is 5.83. The third-order valence-electron chi connectivity index (χ3n) is 8.84. The van der Waals surface area contributed by atoms with Crippen molar-refractivity contribution < 1.29 is 4.74 Å². The maximum Gasteiger partial charge on any atom is 0.0919 e. The smallest absolute Gasteiger partial charge is 0.0919 e. The van der Waals surface area contributed by atoms with Crippen molar-refractivity contribution in [2.24, 2.45) is 35.0 Å². The predicted octanol–water partition coefficient (Wildman–Crippen LogP) is 5.35. The Kier molecular flexibility index (Phi) is 2.96. The molecule has 7 atom stereocenters. The molecular formula is C21H32O. The molecule has 22 heavy (non-hydrogen) atoms. The van der Waals surface area contributed by atoms with Crippen LogP contribution in [0.4, 0.5) is 0 Å². The first-order valence-electron chi connectivity index (χ1n) is 9.95. The van der Waals surface area contributed by atoms with Crippen LogP contribution >= 0.6 is 0 Å². The highest BCUT2D eigenvalue weighted by atomic mass is 16.6. The first-order chi connectivity index (χ1) is 10.7. The number of ether oxygens (including phenoxy) is 1. The molecule has 1 heterocycles. The highest BCUT2D eigenvalue weighted by Gasteiger charge is 2.58. The van der Waals surface area contributed by atoms with Gasteiger partial charge in [0.15, 0.2) is 0 Å². The standard InChI is InChI=1S/C21H32O/c1-3-15-5-7-19-18-6-4-14-12-21(13-22-21)11-9-16(14)17(18)8-10-20(15,19)2/h3,14,16-19H,4-13H2,1-2H3/b15-3-/t14-,16?,17-,18-,19+,20-,21-/m1/s1. The summed E-state index contributed by atoms with van der Waals surface area (Å²) >= 11 is 0. The van der Waals surface area contributed by atoms with Crippen molar-refractivity contribution in [2.45, 2.75) is 77.2 Å². The Labute approximate surface area is 135 Å². The molecule has 0 amide bonds. The Morgan fingerprint density at radius 2 is 1.82 bits per heavy atom. The average Bonchev–Trinajstić information content (AvgIpc) is 3.17. The first kappa shape index (κ1) is 14.1. The van der Waals surface area contributed by atoms with E-state index in [2.05, 4.69) is 19.9 Å². The Morgan fingerprint density at radius 3 is 2.59 bits per heavy atom. The summed E-state index contributed by atoms with van der Waals surface area (Å²) in [6.45, 7) is 5.97. The molecule has 1 unspecified atom stereocenters. The van der Waals surface area contributed by atoms with E-state index in [9.17, 15) is 0 Å². The summed E-state index contributed by atoms with van der Waals surface area (Å²) in [6.07, 6.45) is 15.6. The Balaban J connectivity index is 1.40. The molecule has 1 saturated heterocycles. The molecule has 1 spiro atoms. The van der Waals surface area contributed by atoms with E-state index in [1.807, 2.05) is 0 Å². The van der Waals surface area contributed by atoms with Gasteiger partial charge in [-0.2, -0.15) is 0 Å². The number of allylic oxidation sites excluding steroid dienone is 2. The fourth-order valence-electron chi connectivity index (χ4n) is 7.63. The van der Waals surface area contributed by atoms with E-state index >= 15 is 0 Å². The lowest BCUT2D eigenvalue weighted by atomic mass is 9.50. The summed E-state index contributed by atoms with van der Waals surface area (Å²) in [6, 6.07) is 0. The van der Waals surface area contributed by atoms with Gasteiger partial charge in [0.2, 0.25) is 0 Å². The monoisotopic (exact) mass is 300 g/mol. The van der Waals surface area contributed by atoms with Gasteiger partial charge >= 0.3 is 0 Å². The van der Waals surface area contributed by atoms with Crippen LogP contribution in [-0.2, 0) is 4.74 Å². The summed E-state index contributed by atoms with van der Waals surface area (Å²) in [7, 11) is 0. The first-order valence-corrected chi connectivity index (χ1v) is 9.95.